The first-order valence-electron chi connectivity index (χ1n) is 6.78. The Kier molecular flexibility index (Phi) is 4.59. The normalized spacial score (nSPS) is 10.5. The van der Waals surface area contributed by atoms with Crippen molar-refractivity contribution in [3.8, 4) is 0 Å². The molecule has 3 aromatic rings. The van der Waals surface area contributed by atoms with Gasteiger partial charge in [-0.3, -0.25) is 10.1 Å². The molecule has 6 nitrogen and oxygen atoms in total. The molecule has 0 bridgehead atoms. The van der Waals surface area contributed by atoms with Crippen molar-refractivity contribution >= 4 is 34.0 Å². The molecule has 1 N–H and O–H groups in total. The summed E-state index contributed by atoms with van der Waals surface area (Å²) in [5, 5.41) is 20.4. The summed E-state index contributed by atoms with van der Waals surface area (Å²) in [6.45, 7) is 1.73. The lowest BCUT2D eigenvalue weighted by Crippen LogP contribution is -2.14. The highest BCUT2D eigenvalue weighted by Gasteiger charge is 2.13. The van der Waals surface area contributed by atoms with Crippen molar-refractivity contribution in [2.75, 3.05) is 5.32 Å². The molecule has 0 unspecified atom stereocenters. The van der Waals surface area contributed by atoms with Crippen molar-refractivity contribution < 1.29 is 4.79 Å². The van der Waals surface area contributed by atoms with Gasteiger partial charge in [0.15, 0.2) is 0 Å². The summed E-state index contributed by atoms with van der Waals surface area (Å²) in [6.07, 6.45) is 2.12. The van der Waals surface area contributed by atoms with Gasteiger partial charge in [0, 0.05) is 11.4 Å². The third-order valence-electron chi connectivity index (χ3n) is 3.11. The lowest BCUT2D eigenvalue weighted by Gasteiger charge is -2.02. The molecular formula is C15H12ClN5OS. The Labute approximate surface area is 141 Å². The molecule has 1 aromatic carbocycles. The molecule has 0 aliphatic heterocycles. The number of aromatic nitrogens is 4. The SMILES string of the molecule is Cc1nnccc1C(=O)Nc1nnc(Cc2ccc(Cl)cc2)s1. The van der Waals surface area contributed by atoms with Crippen LogP contribution in [0.4, 0.5) is 5.13 Å². The van der Waals surface area contributed by atoms with E-state index < -0.39 is 0 Å². The minimum absolute atomic E-state index is 0.272. The van der Waals surface area contributed by atoms with Crippen LogP contribution in [0.3, 0.4) is 0 Å². The van der Waals surface area contributed by atoms with E-state index >= 15 is 0 Å². The van der Waals surface area contributed by atoms with E-state index in [1.165, 1.54) is 17.5 Å². The van der Waals surface area contributed by atoms with E-state index in [2.05, 4.69) is 25.7 Å². The van der Waals surface area contributed by atoms with E-state index in [1.807, 2.05) is 24.3 Å². The van der Waals surface area contributed by atoms with Crippen molar-refractivity contribution in [1.29, 1.82) is 0 Å². The number of nitrogens with zero attached hydrogens (tertiary/aromatic N) is 4. The Morgan fingerprint density at radius 3 is 2.70 bits per heavy atom. The molecule has 0 fully saturated rings. The smallest absolute Gasteiger partial charge is 0.259 e. The Balaban J connectivity index is 1.69. The molecule has 23 heavy (non-hydrogen) atoms. The average molecular weight is 346 g/mol. The number of halogens is 1. The molecule has 8 heteroatoms. The Bertz CT molecular complexity index is 834. The number of nitrogens with one attached hydrogen (secondary N) is 1. The van der Waals surface area contributed by atoms with Crippen molar-refractivity contribution in [2.45, 2.75) is 13.3 Å². The van der Waals surface area contributed by atoms with Crippen molar-refractivity contribution in [3.63, 3.8) is 0 Å². The van der Waals surface area contributed by atoms with Gasteiger partial charge in [0.25, 0.3) is 5.91 Å². The maximum Gasteiger partial charge on any atom is 0.259 e. The number of aryl methyl sites for hydroxylation is 1. The summed E-state index contributed by atoms with van der Waals surface area (Å²) in [7, 11) is 0. The summed E-state index contributed by atoms with van der Waals surface area (Å²) >= 11 is 7.20. The first-order chi connectivity index (χ1) is 11.1. The van der Waals surface area contributed by atoms with Crippen LogP contribution in [0.25, 0.3) is 0 Å². The van der Waals surface area contributed by atoms with E-state index in [-0.39, 0.29) is 5.91 Å². The molecule has 0 aliphatic carbocycles. The molecule has 0 atom stereocenters. The molecular weight excluding hydrogens is 334 g/mol. The second-order valence-electron chi connectivity index (χ2n) is 4.79. The van der Waals surface area contributed by atoms with Crippen LogP contribution < -0.4 is 5.32 Å². The summed E-state index contributed by atoms with van der Waals surface area (Å²) in [6, 6.07) is 9.16. The predicted octanol–water partition coefficient (Wildman–Crippen LogP) is 3.13. The summed E-state index contributed by atoms with van der Waals surface area (Å²) in [5.74, 6) is -0.272. The van der Waals surface area contributed by atoms with Gasteiger partial charge >= 0.3 is 0 Å². The fourth-order valence-corrected chi connectivity index (χ4v) is 2.85. The van der Waals surface area contributed by atoms with Crippen molar-refractivity contribution in [2.24, 2.45) is 0 Å². The molecule has 0 saturated heterocycles. The summed E-state index contributed by atoms with van der Waals surface area (Å²) in [4.78, 5) is 12.2. The molecule has 116 valence electrons. The minimum Gasteiger partial charge on any atom is -0.296 e. The van der Waals surface area contributed by atoms with E-state index in [0.29, 0.717) is 27.8 Å². The topological polar surface area (TPSA) is 80.7 Å². The fraction of sp³-hybridized carbons (Fsp3) is 0.133. The number of hydrogen-bond donors (Lipinski definition) is 1. The Hall–Kier alpha value is -2.38. The van der Waals surface area contributed by atoms with Gasteiger partial charge in [-0.1, -0.05) is 35.1 Å². The van der Waals surface area contributed by atoms with E-state index in [1.54, 1.807) is 13.0 Å². The zero-order chi connectivity index (χ0) is 16.2. The zero-order valence-electron chi connectivity index (χ0n) is 12.2. The maximum absolute atomic E-state index is 12.2. The van der Waals surface area contributed by atoms with Gasteiger partial charge in [-0.25, -0.2) is 0 Å². The van der Waals surface area contributed by atoms with Crippen LogP contribution in [-0.2, 0) is 6.42 Å². The molecule has 0 spiro atoms. The van der Waals surface area contributed by atoms with Gasteiger partial charge in [0.05, 0.1) is 17.5 Å². The number of benzene rings is 1. The zero-order valence-corrected chi connectivity index (χ0v) is 13.7. The van der Waals surface area contributed by atoms with Gasteiger partial charge < -0.3 is 0 Å². The molecule has 0 saturated carbocycles. The van der Waals surface area contributed by atoms with Crippen LogP contribution in [0.1, 0.15) is 26.6 Å². The molecule has 0 aliphatic rings. The maximum atomic E-state index is 12.2. The third-order valence-corrected chi connectivity index (χ3v) is 4.20. The van der Waals surface area contributed by atoms with Gasteiger partial charge in [0.2, 0.25) is 5.13 Å². The molecule has 2 aromatic heterocycles. The fourth-order valence-electron chi connectivity index (χ4n) is 1.96. The molecule has 0 radical (unpaired) electrons. The van der Waals surface area contributed by atoms with Crippen LogP contribution in [0.5, 0.6) is 0 Å². The molecule has 3 rings (SSSR count). The van der Waals surface area contributed by atoms with Gasteiger partial charge in [-0.05, 0) is 30.7 Å². The highest BCUT2D eigenvalue weighted by Crippen LogP contribution is 2.20. The number of carbonyl (C=O) groups excluding carboxylic acids is 1. The predicted molar refractivity (Wildman–Crippen MR) is 88.9 cm³/mol. The number of rotatable bonds is 4. The monoisotopic (exact) mass is 345 g/mol. The Morgan fingerprint density at radius 1 is 1.17 bits per heavy atom. The van der Waals surface area contributed by atoms with Gasteiger partial charge in [0.1, 0.15) is 5.01 Å². The highest BCUT2D eigenvalue weighted by molar-refractivity contribution is 7.15. The second kappa shape index (κ2) is 6.80. The third kappa shape index (κ3) is 3.88. The lowest BCUT2D eigenvalue weighted by molar-refractivity contribution is 0.102. The van der Waals surface area contributed by atoms with E-state index in [9.17, 15) is 4.79 Å². The van der Waals surface area contributed by atoms with Crippen LogP contribution >= 0.6 is 22.9 Å². The molecule has 2 heterocycles. The minimum atomic E-state index is -0.272. The second-order valence-corrected chi connectivity index (χ2v) is 6.29. The van der Waals surface area contributed by atoms with Gasteiger partial charge in [-0.2, -0.15) is 10.2 Å². The van der Waals surface area contributed by atoms with Gasteiger partial charge in [-0.15, -0.1) is 10.2 Å². The highest BCUT2D eigenvalue weighted by atomic mass is 35.5. The first kappa shape index (κ1) is 15.5. The van der Waals surface area contributed by atoms with E-state index in [4.69, 9.17) is 11.6 Å². The lowest BCUT2D eigenvalue weighted by atomic mass is 10.2. The van der Waals surface area contributed by atoms with Crippen molar-refractivity contribution in [3.05, 3.63) is 63.4 Å². The van der Waals surface area contributed by atoms with Crippen molar-refractivity contribution in [1.82, 2.24) is 20.4 Å². The standard InChI is InChI=1S/C15H12ClN5OS/c1-9-12(6-7-17-19-9)14(22)18-15-21-20-13(23-15)8-10-2-4-11(16)5-3-10/h2-7H,8H2,1H3,(H,18,21,22). The summed E-state index contributed by atoms with van der Waals surface area (Å²) in [5.41, 5.74) is 2.11. The number of hydrogen-bond acceptors (Lipinski definition) is 6. The quantitative estimate of drug-likeness (QED) is 0.785. The largest absolute Gasteiger partial charge is 0.296 e. The number of amides is 1. The van der Waals surface area contributed by atoms with E-state index in [0.717, 1.165) is 10.6 Å². The average Bonchev–Trinajstić information content (AvgIpc) is 2.97. The first-order valence-corrected chi connectivity index (χ1v) is 7.98. The number of carbonyl (C=O) groups is 1. The molecule has 1 amide bonds. The summed E-state index contributed by atoms with van der Waals surface area (Å²) < 4.78 is 0. The van der Waals surface area contributed by atoms with Crippen LogP contribution in [0, 0.1) is 6.92 Å². The van der Waals surface area contributed by atoms with Crippen LogP contribution in [0.2, 0.25) is 5.02 Å². The Morgan fingerprint density at radius 2 is 1.96 bits per heavy atom. The van der Waals surface area contributed by atoms with Crippen LogP contribution in [0.15, 0.2) is 36.5 Å². The van der Waals surface area contributed by atoms with Crippen LogP contribution in [-0.4, -0.2) is 26.3 Å². The number of anilines is 1.